The van der Waals surface area contributed by atoms with Gasteiger partial charge in [-0.15, -0.1) is 11.8 Å². The van der Waals surface area contributed by atoms with Crippen LogP contribution in [0.1, 0.15) is 33.0 Å². The van der Waals surface area contributed by atoms with Crippen LogP contribution >= 0.6 is 11.8 Å². The average molecular weight is 412 g/mol. The molecule has 0 saturated carbocycles. The zero-order valence-corrected chi connectivity index (χ0v) is 17.9. The molecule has 152 valence electrons. The second-order valence-corrected chi connectivity index (χ2v) is 7.63. The number of carbonyl (C=O) groups is 1. The average Bonchev–Trinajstić information content (AvgIpc) is 3.20. The number of hydrogen-bond acceptors (Lipinski definition) is 5. The maximum Gasteiger partial charge on any atom is 0.287 e. The summed E-state index contributed by atoms with van der Waals surface area (Å²) in [6, 6.07) is 15.4. The van der Waals surface area contributed by atoms with E-state index in [0.717, 1.165) is 11.3 Å². The summed E-state index contributed by atoms with van der Waals surface area (Å²) in [6.07, 6.45) is 0. The van der Waals surface area contributed by atoms with Crippen LogP contribution < -0.4 is 14.8 Å². The monoisotopic (exact) mass is 411 g/mol. The molecule has 0 aliphatic carbocycles. The highest BCUT2D eigenvalue weighted by Gasteiger charge is 2.13. The van der Waals surface area contributed by atoms with Gasteiger partial charge in [0.25, 0.3) is 5.91 Å². The van der Waals surface area contributed by atoms with E-state index in [9.17, 15) is 4.79 Å². The number of aryl methyl sites for hydroxylation is 2. The first-order valence-electron chi connectivity index (χ1n) is 9.28. The Balaban J connectivity index is 1.58. The molecular formula is C23H25NO4S. The Kier molecular flexibility index (Phi) is 6.88. The minimum Gasteiger partial charge on any atom is -0.493 e. The van der Waals surface area contributed by atoms with E-state index in [2.05, 4.69) is 37.4 Å². The van der Waals surface area contributed by atoms with E-state index in [1.165, 1.54) is 16.0 Å². The van der Waals surface area contributed by atoms with Crippen molar-refractivity contribution in [2.75, 3.05) is 14.2 Å². The lowest BCUT2D eigenvalue weighted by Gasteiger charge is -2.10. The van der Waals surface area contributed by atoms with Gasteiger partial charge in [0.05, 0.1) is 20.0 Å². The fraction of sp³-hybridized carbons (Fsp3) is 0.261. The predicted octanol–water partition coefficient (Wildman–Crippen LogP) is 5.14. The Bertz CT molecular complexity index is 976. The van der Waals surface area contributed by atoms with E-state index in [-0.39, 0.29) is 5.91 Å². The van der Waals surface area contributed by atoms with E-state index in [0.29, 0.717) is 29.6 Å². The molecule has 1 heterocycles. The molecule has 0 bridgehead atoms. The SMILES string of the molecule is COc1ccc(CNC(=O)c2ccc(CSc3c(C)cccc3C)o2)cc1OC. The minimum absolute atomic E-state index is 0.247. The summed E-state index contributed by atoms with van der Waals surface area (Å²) in [6.45, 7) is 4.57. The number of nitrogens with one attached hydrogen (secondary N) is 1. The van der Waals surface area contributed by atoms with Crippen molar-refractivity contribution in [3.05, 3.63) is 76.7 Å². The Hall–Kier alpha value is -2.86. The van der Waals surface area contributed by atoms with E-state index in [4.69, 9.17) is 13.9 Å². The van der Waals surface area contributed by atoms with E-state index in [1.807, 2.05) is 24.3 Å². The Morgan fingerprint density at radius 2 is 1.72 bits per heavy atom. The topological polar surface area (TPSA) is 60.7 Å². The molecule has 0 aliphatic rings. The maximum absolute atomic E-state index is 12.4. The Labute approximate surface area is 175 Å². The Morgan fingerprint density at radius 3 is 2.41 bits per heavy atom. The van der Waals surface area contributed by atoms with Gasteiger partial charge in [-0.05, 0) is 54.8 Å². The summed E-state index contributed by atoms with van der Waals surface area (Å²) >= 11 is 1.72. The number of rotatable bonds is 8. The lowest BCUT2D eigenvalue weighted by atomic mass is 10.2. The zero-order chi connectivity index (χ0) is 20.8. The third-order valence-corrected chi connectivity index (χ3v) is 5.92. The molecule has 0 aliphatic heterocycles. The summed E-state index contributed by atoms with van der Waals surface area (Å²) in [4.78, 5) is 13.7. The third kappa shape index (κ3) is 5.15. The molecule has 0 saturated heterocycles. The van der Waals surface area contributed by atoms with Crippen LogP contribution in [-0.4, -0.2) is 20.1 Å². The van der Waals surface area contributed by atoms with Crippen LogP contribution in [0.2, 0.25) is 0 Å². The molecule has 2 aromatic carbocycles. The van der Waals surface area contributed by atoms with Gasteiger partial charge in [0.1, 0.15) is 5.76 Å². The van der Waals surface area contributed by atoms with Crippen molar-refractivity contribution in [2.45, 2.75) is 31.0 Å². The molecule has 1 amide bonds. The van der Waals surface area contributed by atoms with Crippen molar-refractivity contribution in [1.29, 1.82) is 0 Å². The molecular weight excluding hydrogens is 386 g/mol. The molecule has 29 heavy (non-hydrogen) atoms. The summed E-state index contributed by atoms with van der Waals surface area (Å²) in [5.74, 6) is 2.79. The molecule has 0 atom stereocenters. The molecule has 0 fully saturated rings. The lowest BCUT2D eigenvalue weighted by Crippen LogP contribution is -2.22. The van der Waals surface area contributed by atoms with Gasteiger partial charge in [-0.2, -0.15) is 0 Å². The van der Waals surface area contributed by atoms with Gasteiger partial charge in [0.2, 0.25) is 0 Å². The van der Waals surface area contributed by atoms with Crippen molar-refractivity contribution >= 4 is 17.7 Å². The first kappa shape index (κ1) is 20.9. The highest BCUT2D eigenvalue weighted by atomic mass is 32.2. The second kappa shape index (κ2) is 9.56. The summed E-state index contributed by atoms with van der Waals surface area (Å²) in [5, 5.41) is 2.87. The third-order valence-electron chi connectivity index (χ3n) is 4.55. The molecule has 1 N–H and O–H groups in total. The Morgan fingerprint density at radius 1 is 1.00 bits per heavy atom. The summed E-state index contributed by atoms with van der Waals surface area (Å²) in [5.41, 5.74) is 3.40. The molecule has 6 heteroatoms. The zero-order valence-electron chi connectivity index (χ0n) is 17.1. The molecule has 0 spiro atoms. The van der Waals surface area contributed by atoms with Gasteiger partial charge in [-0.1, -0.05) is 24.3 Å². The summed E-state index contributed by atoms with van der Waals surface area (Å²) in [7, 11) is 3.17. The number of methoxy groups -OCH3 is 2. The molecule has 0 radical (unpaired) electrons. The number of ether oxygens (including phenoxy) is 2. The van der Waals surface area contributed by atoms with Crippen molar-refractivity contribution < 1.29 is 18.7 Å². The van der Waals surface area contributed by atoms with Crippen molar-refractivity contribution in [1.82, 2.24) is 5.32 Å². The van der Waals surface area contributed by atoms with E-state index >= 15 is 0 Å². The molecule has 0 unspecified atom stereocenters. The predicted molar refractivity (Wildman–Crippen MR) is 115 cm³/mol. The minimum atomic E-state index is -0.247. The number of hydrogen-bond donors (Lipinski definition) is 1. The van der Waals surface area contributed by atoms with Gasteiger partial charge in [-0.3, -0.25) is 4.79 Å². The van der Waals surface area contributed by atoms with Crippen LogP contribution in [0, 0.1) is 13.8 Å². The maximum atomic E-state index is 12.4. The van der Waals surface area contributed by atoms with E-state index < -0.39 is 0 Å². The normalized spacial score (nSPS) is 10.6. The van der Waals surface area contributed by atoms with Gasteiger partial charge >= 0.3 is 0 Å². The van der Waals surface area contributed by atoms with Gasteiger partial charge in [-0.25, -0.2) is 0 Å². The standard InChI is InChI=1S/C23H25NO4S/c1-15-6-5-7-16(2)22(15)29-14-18-9-11-20(28-18)23(25)24-13-17-8-10-19(26-3)21(12-17)27-4/h5-12H,13-14H2,1-4H3,(H,24,25). The number of carbonyl (C=O) groups excluding carboxylic acids is 1. The highest BCUT2D eigenvalue weighted by Crippen LogP contribution is 2.30. The van der Waals surface area contributed by atoms with Crippen LogP contribution in [0.15, 0.2) is 57.8 Å². The first-order valence-corrected chi connectivity index (χ1v) is 10.3. The van der Waals surface area contributed by atoms with Crippen LogP contribution in [-0.2, 0) is 12.3 Å². The van der Waals surface area contributed by atoms with Crippen LogP contribution in [0.4, 0.5) is 0 Å². The van der Waals surface area contributed by atoms with Crippen LogP contribution in [0.25, 0.3) is 0 Å². The van der Waals surface area contributed by atoms with Gasteiger partial charge in [0, 0.05) is 11.4 Å². The van der Waals surface area contributed by atoms with Crippen LogP contribution in [0.5, 0.6) is 11.5 Å². The van der Waals surface area contributed by atoms with Gasteiger partial charge in [0.15, 0.2) is 17.3 Å². The second-order valence-electron chi connectivity index (χ2n) is 6.65. The smallest absolute Gasteiger partial charge is 0.287 e. The number of thioether (sulfide) groups is 1. The first-order chi connectivity index (χ1) is 14.0. The van der Waals surface area contributed by atoms with Gasteiger partial charge < -0.3 is 19.2 Å². The highest BCUT2D eigenvalue weighted by molar-refractivity contribution is 7.98. The largest absolute Gasteiger partial charge is 0.493 e. The lowest BCUT2D eigenvalue weighted by molar-refractivity contribution is 0.0921. The number of amides is 1. The fourth-order valence-corrected chi connectivity index (χ4v) is 4.04. The van der Waals surface area contributed by atoms with Crippen molar-refractivity contribution in [2.24, 2.45) is 0 Å². The van der Waals surface area contributed by atoms with Crippen molar-refractivity contribution in [3.63, 3.8) is 0 Å². The molecule has 1 aromatic heterocycles. The molecule has 5 nitrogen and oxygen atoms in total. The fourth-order valence-electron chi connectivity index (χ4n) is 3.01. The summed E-state index contributed by atoms with van der Waals surface area (Å²) < 4.78 is 16.3. The van der Waals surface area contributed by atoms with Crippen molar-refractivity contribution in [3.8, 4) is 11.5 Å². The number of benzene rings is 2. The van der Waals surface area contributed by atoms with Crippen LogP contribution in [0.3, 0.4) is 0 Å². The number of furan rings is 1. The quantitative estimate of drug-likeness (QED) is 0.520. The molecule has 3 aromatic rings. The van der Waals surface area contributed by atoms with E-state index in [1.54, 1.807) is 32.0 Å². The molecule has 3 rings (SSSR count).